The third kappa shape index (κ3) is 2.58. The van der Waals surface area contributed by atoms with Crippen LogP contribution in [0, 0.1) is 22.0 Å². The van der Waals surface area contributed by atoms with Crippen molar-refractivity contribution >= 4 is 17.6 Å². The molecule has 1 unspecified atom stereocenters. The summed E-state index contributed by atoms with van der Waals surface area (Å²) in [7, 11) is 2.55. The molecule has 2 bridgehead atoms. The van der Waals surface area contributed by atoms with Gasteiger partial charge >= 0.3 is 11.9 Å². The smallest absolute Gasteiger partial charge is 0.334 e. The van der Waals surface area contributed by atoms with Gasteiger partial charge in [0.1, 0.15) is 0 Å². The van der Waals surface area contributed by atoms with Crippen LogP contribution in [0.15, 0.2) is 77.9 Å². The van der Waals surface area contributed by atoms with Gasteiger partial charge in [-0.05, 0) is 11.1 Å². The molecule has 2 aliphatic carbocycles. The summed E-state index contributed by atoms with van der Waals surface area (Å²) in [6.45, 7) is 0. The van der Waals surface area contributed by atoms with E-state index in [1.165, 1.54) is 26.4 Å². The second kappa shape index (κ2) is 7.26. The minimum absolute atomic E-state index is 0.0328. The van der Waals surface area contributed by atoms with Gasteiger partial charge in [-0.25, -0.2) is 9.59 Å². The highest BCUT2D eigenvalue weighted by Crippen LogP contribution is 2.61. The van der Waals surface area contributed by atoms with E-state index in [9.17, 15) is 19.7 Å². The van der Waals surface area contributed by atoms with Gasteiger partial charge < -0.3 is 9.47 Å². The molecule has 0 N–H and O–H groups in total. The molecular weight excluding hydrogens is 386 g/mol. The summed E-state index contributed by atoms with van der Waals surface area (Å²) in [4.78, 5) is 36.1. The fourth-order valence-electron chi connectivity index (χ4n) is 4.85. The molecule has 3 atom stereocenters. The van der Waals surface area contributed by atoms with E-state index in [4.69, 9.17) is 9.47 Å². The lowest BCUT2D eigenvalue weighted by Crippen LogP contribution is -2.36. The molecule has 0 aliphatic heterocycles. The van der Waals surface area contributed by atoms with Gasteiger partial charge in [0, 0.05) is 29.4 Å². The molecule has 30 heavy (non-hydrogen) atoms. The van der Waals surface area contributed by atoms with Gasteiger partial charge in [0.2, 0.25) is 0 Å². The molecule has 7 nitrogen and oxygen atoms in total. The molecule has 2 aromatic rings. The maximum absolute atomic E-state index is 12.7. The second-order valence-electron chi connectivity index (χ2n) is 7.19. The number of nitro benzene ring substituents is 1. The molecule has 0 saturated heterocycles. The molecule has 0 spiro atoms. The highest BCUT2D eigenvalue weighted by molar-refractivity contribution is 6.04. The van der Waals surface area contributed by atoms with Crippen LogP contribution in [0.25, 0.3) is 0 Å². The Bertz CT molecular complexity index is 1050. The Morgan fingerprint density at radius 1 is 0.833 bits per heavy atom. The summed E-state index contributed by atoms with van der Waals surface area (Å²) >= 11 is 0. The van der Waals surface area contributed by atoms with Gasteiger partial charge in [-0.15, -0.1) is 0 Å². The summed E-state index contributed by atoms with van der Waals surface area (Å²) in [5, 5.41) is 11.1. The number of fused-ring (bicyclic) bond motifs is 2. The zero-order chi connectivity index (χ0) is 21.5. The Morgan fingerprint density at radius 3 is 1.73 bits per heavy atom. The molecule has 0 aromatic heterocycles. The van der Waals surface area contributed by atoms with Gasteiger partial charge in [-0.1, -0.05) is 54.6 Å². The van der Waals surface area contributed by atoms with Crippen molar-refractivity contribution < 1.29 is 24.0 Å². The molecule has 2 aliphatic rings. The largest absolute Gasteiger partial charge is 0.466 e. The van der Waals surface area contributed by atoms with Crippen molar-refractivity contribution in [2.45, 2.75) is 5.41 Å². The fraction of sp³-hybridized carbons (Fsp3) is 0.217. The Morgan fingerprint density at radius 2 is 1.30 bits per heavy atom. The van der Waals surface area contributed by atoms with Crippen LogP contribution >= 0.6 is 0 Å². The predicted molar refractivity (Wildman–Crippen MR) is 107 cm³/mol. The standard InChI is InChI=1S/C23H19NO6/c1-29-21(25)19-17-12-13-18(20(19)22(26)30-2)23(17,14-6-4-3-5-7-14)15-8-10-16(11-9-15)24(27)28/h3-13,17-18H,1-2H3/t17-,18+,23?. The molecule has 0 saturated carbocycles. The number of nitro groups is 1. The Kier molecular flexibility index (Phi) is 4.73. The van der Waals surface area contributed by atoms with Crippen LogP contribution in [0.1, 0.15) is 11.1 Å². The lowest BCUT2D eigenvalue weighted by molar-refractivity contribution is -0.384. The second-order valence-corrected chi connectivity index (χ2v) is 7.19. The lowest BCUT2D eigenvalue weighted by atomic mass is 9.64. The summed E-state index contributed by atoms with van der Waals surface area (Å²) in [6, 6.07) is 15.8. The van der Waals surface area contributed by atoms with Crippen LogP contribution in [0.2, 0.25) is 0 Å². The van der Waals surface area contributed by atoms with Crippen molar-refractivity contribution in [2.24, 2.45) is 11.8 Å². The number of ether oxygens (including phenoxy) is 2. The van der Waals surface area contributed by atoms with Crippen molar-refractivity contribution in [1.82, 2.24) is 0 Å². The first kappa shape index (κ1) is 19.6. The van der Waals surface area contributed by atoms with Gasteiger partial charge in [0.15, 0.2) is 0 Å². The van der Waals surface area contributed by atoms with Crippen molar-refractivity contribution in [3.63, 3.8) is 0 Å². The average molecular weight is 405 g/mol. The minimum atomic E-state index is -0.816. The van der Waals surface area contributed by atoms with Crippen molar-refractivity contribution in [3.05, 3.63) is 99.1 Å². The van der Waals surface area contributed by atoms with Crippen LogP contribution in [-0.2, 0) is 24.5 Å². The number of benzene rings is 2. The lowest BCUT2D eigenvalue weighted by Gasteiger charge is -2.37. The van der Waals surface area contributed by atoms with E-state index in [1.807, 2.05) is 42.5 Å². The molecule has 0 heterocycles. The van der Waals surface area contributed by atoms with Crippen molar-refractivity contribution in [3.8, 4) is 0 Å². The van der Waals surface area contributed by atoms with Crippen LogP contribution in [-0.4, -0.2) is 31.1 Å². The third-order valence-electron chi connectivity index (χ3n) is 6.01. The number of carbonyl (C=O) groups is 2. The summed E-state index contributed by atoms with van der Waals surface area (Å²) in [5.41, 5.74) is 1.33. The molecular formula is C23H19NO6. The van der Waals surface area contributed by atoms with Crippen molar-refractivity contribution in [1.29, 1.82) is 0 Å². The number of esters is 2. The third-order valence-corrected chi connectivity index (χ3v) is 6.01. The predicted octanol–water partition coefficient (Wildman–Crippen LogP) is 3.34. The topological polar surface area (TPSA) is 95.7 Å². The van der Waals surface area contributed by atoms with E-state index in [0.717, 1.165) is 11.1 Å². The zero-order valence-electron chi connectivity index (χ0n) is 16.4. The van der Waals surface area contributed by atoms with Crippen LogP contribution in [0.4, 0.5) is 5.69 Å². The summed E-state index contributed by atoms with van der Waals surface area (Å²) in [5.74, 6) is -2.13. The Labute approximate surface area is 172 Å². The molecule has 0 fully saturated rings. The van der Waals surface area contributed by atoms with E-state index in [-0.39, 0.29) is 16.8 Å². The number of carbonyl (C=O) groups excluding carboxylic acids is 2. The quantitative estimate of drug-likeness (QED) is 0.328. The highest BCUT2D eigenvalue weighted by Gasteiger charge is 2.61. The van der Waals surface area contributed by atoms with Crippen LogP contribution < -0.4 is 0 Å². The summed E-state index contributed by atoms with van der Waals surface area (Å²) in [6.07, 6.45) is 3.80. The normalized spacial score (nSPS) is 24.1. The van der Waals surface area contributed by atoms with Crippen LogP contribution in [0.5, 0.6) is 0 Å². The highest BCUT2D eigenvalue weighted by atomic mass is 16.6. The minimum Gasteiger partial charge on any atom is -0.466 e. The van der Waals surface area contributed by atoms with E-state index in [1.54, 1.807) is 12.1 Å². The average Bonchev–Trinajstić information content (AvgIpc) is 3.30. The van der Waals surface area contributed by atoms with Gasteiger partial charge in [0.05, 0.1) is 30.3 Å². The number of hydrogen-bond acceptors (Lipinski definition) is 6. The molecule has 7 heteroatoms. The molecule has 152 valence electrons. The van der Waals surface area contributed by atoms with E-state index >= 15 is 0 Å². The number of methoxy groups -OCH3 is 2. The number of non-ortho nitro benzene ring substituents is 1. The first-order valence-electron chi connectivity index (χ1n) is 9.36. The van der Waals surface area contributed by atoms with Gasteiger partial charge in [-0.2, -0.15) is 0 Å². The number of rotatable bonds is 5. The first-order valence-corrected chi connectivity index (χ1v) is 9.36. The number of allylic oxidation sites excluding steroid dienone is 2. The fourth-order valence-corrected chi connectivity index (χ4v) is 4.85. The van der Waals surface area contributed by atoms with E-state index in [0.29, 0.717) is 0 Å². The summed E-state index contributed by atoms with van der Waals surface area (Å²) < 4.78 is 10.00. The monoisotopic (exact) mass is 405 g/mol. The maximum Gasteiger partial charge on any atom is 0.334 e. The van der Waals surface area contributed by atoms with E-state index in [2.05, 4.69) is 0 Å². The van der Waals surface area contributed by atoms with Crippen LogP contribution in [0.3, 0.4) is 0 Å². The SMILES string of the molecule is COC(=O)C1=C(C(=O)OC)[C@@H]2C=C[C@H]1C2(c1ccccc1)c1ccc([N+](=O)[O-])cc1. The van der Waals surface area contributed by atoms with Gasteiger partial charge in [0.25, 0.3) is 5.69 Å². The Hall–Kier alpha value is -3.74. The van der Waals surface area contributed by atoms with E-state index < -0.39 is 34.1 Å². The Balaban J connectivity index is 1.98. The molecule has 4 rings (SSSR count). The number of hydrogen-bond donors (Lipinski definition) is 0. The van der Waals surface area contributed by atoms with Gasteiger partial charge in [-0.3, -0.25) is 10.1 Å². The number of nitrogens with zero attached hydrogens (tertiary/aromatic N) is 1. The zero-order valence-corrected chi connectivity index (χ0v) is 16.4. The van der Waals surface area contributed by atoms with Crippen molar-refractivity contribution in [2.75, 3.05) is 14.2 Å². The molecule has 0 radical (unpaired) electrons. The molecule has 0 amide bonds. The molecule has 2 aromatic carbocycles. The first-order chi connectivity index (χ1) is 14.5. The maximum atomic E-state index is 12.7.